The van der Waals surface area contributed by atoms with Crippen LogP contribution in [0.25, 0.3) is 0 Å². The van der Waals surface area contributed by atoms with Crippen LogP contribution in [0.1, 0.15) is 15.9 Å². The fraction of sp³-hybridized carbons (Fsp3) is 0.167. The Morgan fingerprint density at radius 3 is 2.36 bits per heavy atom. The second-order valence-electron chi connectivity index (χ2n) is 5.42. The van der Waals surface area contributed by atoms with Gasteiger partial charge in [0.1, 0.15) is 23.1 Å². The van der Waals surface area contributed by atoms with Gasteiger partial charge in [0.05, 0.1) is 14.2 Å². The Morgan fingerprint density at radius 2 is 1.75 bits per heavy atom. The van der Waals surface area contributed by atoms with Crippen LogP contribution < -0.4 is 14.8 Å². The number of aromatic nitrogens is 2. The largest absolute Gasteiger partial charge is 0.497 e. The zero-order valence-electron chi connectivity index (χ0n) is 14.9. The van der Waals surface area contributed by atoms with E-state index in [4.69, 9.17) is 9.47 Å². The van der Waals surface area contributed by atoms with E-state index in [1.807, 2.05) is 0 Å². The molecular formula is C18H15F2N3O3S2. The minimum absolute atomic E-state index is 0.0308. The smallest absolute Gasteiger partial charge is 0.257 e. The number of rotatable bonds is 7. The fourth-order valence-electron chi connectivity index (χ4n) is 2.23. The number of benzene rings is 2. The summed E-state index contributed by atoms with van der Waals surface area (Å²) in [5.41, 5.74) is 0.297. The van der Waals surface area contributed by atoms with Crippen LogP contribution in [0.15, 0.2) is 40.7 Å². The normalized spacial score (nSPS) is 10.6. The van der Waals surface area contributed by atoms with Crippen LogP contribution in [0.3, 0.4) is 0 Å². The monoisotopic (exact) mass is 423 g/mol. The van der Waals surface area contributed by atoms with Crippen LogP contribution in [-0.2, 0) is 5.75 Å². The molecule has 0 atom stereocenters. The molecule has 1 heterocycles. The van der Waals surface area contributed by atoms with Crippen molar-refractivity contribution < 1.29 is 23.0 Å². The van der Waals surface area contributed by atoms with Crippen molar-refractivity contribution in [2.45, 2.75) is 10.1 Å². The van der Waals surface area contributed by atoms with Gasteiger partial charge in [0.2, 0.25) is 5.13 Å². The summed E-state index contributed by atoms with van der Waals surface area (Å²) >= 11 is 2.24. The lowest BCUT2D eigenvalue weighted by Gasteiger charge is -2.07. The second kappa shape index (κ2) is 8.98. The van der Waals surface area contributed by atoms with Crippen LogP contribution >= 0.6 is 23.1 Å². The van der Waals surface area contributed by atoms with Crippen molar-refractivity contribution in [1.29, 1.82) is 0 Å². The molecule has 6 nitrogen and oxygen atoms in total. The Kier molecular flexibility index (Phi) is 6.42. The van der Waals surface area contributed by atoms with Crippen LogP contribution in [0.5, 0.6) is 11.5 Å². The van der Waals surface area contributed by atoms with Gasteiger partial charge in [-0.3, -0.25) is 10.1 Å². The standard InChI is InChI=1S/C18H15F2N3O3S2/c1-25-11-6-10(7-12(8-11)26-2)16(24)21-17-22-23-18(28-17)27-9-13-14(19)4-3-5-15(13)20/h3-8H,9H2,1-2H3,(H,21,22,24). The number of ether oxygens (including phenoxy) is 2. The minimum atomic E-state index is -0.613. The fourth-order valence-corrected chi connectivity index (χ4v) is 3.99. The van der Waals surface area contributed by atoms with E-state index >= 15 is 0 Å². The predicted molar refractivity (Wildman–Crippen MR) is 103 cm³/mol. The van der Waals surface area contributed by atoms with Gasteiger partial charge in [0.15, 0.2) is 4.34 Å². The number of anilines is 1. The molecule has 3 rings (SSSR count). The number of nitrogens with one attached hydrogen (secondary N) is 1. The summed E-state index contributed by atoms with van der Waals surface area (Å²) in [6.45, 7) is 0. The van der Waals surface area contributed by atoms with Crippen molar-refractivity contribution >= 4 is 34.1 Å². The molecule has 0 bridgehead atoms. The van der Waals surface area contributed by atoms with Gasteiger partial charge in [0.25, 0.3) is 5.91 Å². The number of hydrogen-bond acceptors (Lipinski definition) is 7. The van der Waals surface area contributed by atoms with Crippen molar-refractivity contribution in [3.8, 4) is 11.5 Å². The third-order valence-electron chi connectivity index (χ3n) is 3.64. The van der Waals surface area contributed by atoms with Crippen LogP contribution in [0, 0.1) is 11.6 Å². The first-order chi connectivity index (χ1) is 13.5. The lowest BCUT2D eigenvalue weighted by atomic mass is 10.2. The van der Waals surface area contributed by atoms with E-state index < -0.39 is 17.5 Å². The van der Waals surface area contributed by atoms with Crippen LogP contribution in [-0.4, -0.2) is 30.3 Å². The quantitative estimate of drug-likeness (QED) is 0.449. The van der Waals surface area contributed by atoms with Gasteiger partial charge in [-0.1, -0.05) is 29.2 Å². The van der Waals surface area contributed by atoms with Gasteiger partial charge in [-0.05, 0) is 24.3 Å². The van der Waals surface area contributed by atoms with E-state index in [-0.39, 0.29) is 16.4 Å². The Balaban J connectivity index is 1.67. The molecule has 10 heteroatoms. The topological polar surface area (TPSA) is 73.3 Å². The number of thioether (sulfide) groups is 1. The summed E-state index contributed by atoms with van der Waals surface area (Å²) < 4.78 is 38.1. The number of hydrogen-bond donors (Lipinski definition) is 1. The number of carbonyl (C=O) groups excluding carboxylic acids is 1. The second-order valence-corrected chi connectivity index (χ2v) is 7.62. The average molecular weight is 423 g/mol. The average Bonchev–Trinajstić information content (AvgIpc) is 3.14. The molecule has 28 heavy (non-hydrogen) atoms. The summed E-state index contributed by atoms with van der Waals surface area (Å²) in [4.78, 5) is 12.4. The van der Waals surface area contributed by atoms with E-state index in [0.29, 0.717) is 21.4 Å². The van der Waals surface area contributed by atoms with Crippen molar-refractivity contribution in [3.63, 3.8) is 0 Å². The molecule has 0 radical (unpaired) electrons. The first-order valence-electron chi connectivity index (χ1n) is 7.93. The Morgan fingerprint density at radius 1 is 1.11 bits per heavy atom. The maximum atomic E-state index is 13.7. The summed E-state index contributed by atoms with van der Waals surface area (Å²) in [5, 5.41) is 10.7. The van der Waals surface area contributed by atoms with Crippen LogP contribution in [0.4, 0.5) is 13.9 Å². The first-order valence-corrected chi connectivity index (χ1v) is 9.74. The Bertz CT molecular complexity index is 955. The number of amides is 1. The molecule has 146 valence electrons. The third-order valence-corrected chi connectivity index (χ3v) is 5.64. The number of methoxy groups -OCH3 is 2. The Labute approximate surface area is 167 Å². The molecule has 1 amide bonds. The number of nitrogens with zero attached hydrogens (tertiary/aromatic N) is 2. The molecule has 0 aliphatic rings. The van der Waals surface area contributed by atoms with Gasteiger partial charge < -0.3 is 9.47 Å². The van der Waals surface area contributed by atoms with Crippen molar-refractivity contribution in [3.05, 3.63) is 59.2 Å². The van der Waals surface area contributed by atoms with Gasteiger partial charge in [-0.15, -0.1) is 10.2 Å². The summed E-state index contributed by atoms with van der Waals surface area (Å²) in [5.74, 6) is -0.622. The van der Waals surface area contributed by atoms with Gasteiger partial charge in [-0.2, -0.15) is 0 Å². The first kappa shape index (κ1) is 20.0. The molecule has 0 saturated carbocycles. The van der Waals surface area contributed by atoms with E-state index in [1.165, 1.54) is 32.4 Å². The van der Waals surface area contributed by atoms with E-state index in [1.54, 1.807) is 18.2 Å². The zero-order chi connectivity index (χ0) is 20.1. The van der Waals surface area contributed by atoms with Gasteiger partial charge in [0, 0.05) is 22.9 Å². The van der Waals surface area contributed by atoms with Crippen molar-refractivity contribution in [2.24, 2.45) is 0 Å². The van der Waals surface area contributed by atoms with Gasteiger partial charge in [-0.25, -0.2) is 8.78 Å². The highest BCUT2D eigenvalue weighted by atomic mass is 32.2. The summed E-state index contributed by atoms with van der Waals surface area (Å²) in [6.07, 6.45) is 0. The molecule has 1 N–H and O–H groups in total. The molecule has 0 aliphatic heterocycles. The van der Waals surface area contributed by atoms with E-state index in [2.05, 4.69) is 15.5 Å². The van der Waals surface area contributed by atoms with E-state index in [9.17, 15) is 13.6 Å². The molecule has 0 aliphatic carbocycles. The van der Waals surface area contributed by atoms with Crippen molar-refractivity contribution in [1.82, 2.24) is 10.2 Å². The molecule has 0 spiro atoms. The highest BCUT2D eigenvalue weighted by Crippen LogP contribution is 2.30. The zero-order valence-corrected chi connectivity index (χ0v) is 16.5. The maximum absolute atomic E-state index is 13.7. The molecule has 1 aromatic heterocycles. The highest BCUT2D eigenvalue weighted by molar-refractivity contribution is 8.00. The summed E-state index contributed by atoms with van der Waals surface area (Å²) in [7, 11) is 2.98. The number of carbonyl (C=O) groups is 1. The molecule has 0 saturated heterocycles. The lowest BCUT2D eigenvalue weighted by molar-refractivity contribution is 0.102. The highest BCUT2D eigenvalue weighted by Gasteiger charge is 2.15. The van der Waals surface area contributed by atoms with Crippen LogP contribution in [0.2, 0.25) is 0 Å². The SMILES string of the molecule is COc1cc(OC)cc(C(=O)Nc2nnc(SCc3c(F)cccc3F)s2)c1. The molecule has 0 fully saturated rings. The van der Waals surface area contributed by atoms with Gasteiger partial charge >= 0.3 is 0 Å². The molecule has 0 unspecified atom stereocenters. The summed E-state index contributed by atoms with van der Waals surface area (Å²) in [6, 6.07) is 8.49. The molecule has 3 aromatic rings. The maximum Gasteiger partial charge on any atom is 0.257 e. The third kappa shape index (κ3) is 4.76. The van der Waals surface area contributed by atoms with Crippen molar-refractivity contribution in [2.75, 3.05) is 19.5 Å². The molecule has 2 aromatic carbocycles. The Hall–Kier alpha value is -2.72. The molecular weight excluding hydrogens is 408 g/mol. The lowest BCUT2D eigenvalue weighted by Crippen LogP contribution is -2.12. The minimum Gasteiger partial charge on any atom is -0.497 e. The van der Waals surface area contributed by atoms with E-state index in [0.717, 1.165) is 23.1 Å². The number of halogens is 2. The predicted octanol–water partition coefficient (Wildman–Crippen LogP) is 4.38.